The second-order valence-electron chi connectivity index (χ2n) is 2.08. The van der Waals surface area contributed by atoms with Crippen LogP contribution in [0.5, 0.6) is 0 Å². The summed E-state index contributed by atoms with van der Waals surface area (Å²) in [6.07, 6.45) is 2.65. The molecule has 0 saturated heterocycles. The first-order chi connectivity index (χ1) is 4.66. The van der Waals surface area contributed by atoms with Crippen molar-refractivity contribution in [1.29, 1.82) is 0 Å². The van der Waals surface area contributed by atoms with E-state index in [0.29, 0.717) is 17.6 Å². The molecule has 0 amide bonds. The molecule has 0 aliphatic rings. The lowest BCUT2D eigenvalue weighted by atomic mass is 10.2. The van der Waals surface area contributed by atoms with E-state index in [-0.39, 0.29) is 12.0 Å². The van der Waals surface area contributed by atoms with Crippen LogP contribution in [0.15, 0.2) is 0 Å². The molecule has 0 radical (unpaired) electrons. The molecule has 0 saturated carbocycles. The fourth-order valence-corrected chi connectivity index (χ4v) is 0.902. The molecule has 0 aromatic heterocycles. The zero-order valence-corrected chi connectivity index (χ0v) is 6.71. The van der Waals surface area contributed by atoms with Crippen molar-refractivity contribution in [1.82, 2.24) is 0 Å². The van der Waals surface area contributed by atoms with Gasteiger partial charge in [0.1, 0.15) is 12.4 Å². The summed E-state index contributed by atoms with van der Waals surface area (Å²) in [6.45, 7) is 0.125. The highest BCUT2D eigenvalue weighted by Crippen LogP contribution is 2.01. The van der Waals surface area contributed by atoms with E-state index >= 15 is 0 Å². The summed E-state index contributed by atoms with van der Waals surface area (Å²) in [5.41, 5.74) is 0. The Morgan fingerprint density at radius 2 is 2.40 bits per heavy atom. The van der Waals surface area contributed by atoms with Gasteiger partial charge in [-0.05, 0) is 12.8 Å². The van der Waals surface area contributed by atoms with Crippen molar-refractivity contribution in [2.75, 3.05) is 13.7 Å². The van der Waals surface area contributed by atoms with Crippen LogP contribution >= 0.6 is 11.6 Å². The topological polar surface area (TPSA) is 46.3 Å². The van der Waals surface area contributed by atoms with Gasteiger partial charge in [-0.2, -0.15) is 0 Å². The molecule has 0 heterocycles. The van der Waals surface area contributed by atoms with Gasteiger partial charge in [0.2, 0.25) is 0 Å². The van der Waals surface area contributed by atoms with Crippen molar-refractivity contribution in [2.24, 2.45) is 0 Å². The highest BCUT2D eigenvalue weighted by Gasteiger charge is 2.02. The molecule has 0 aromatic rings. The molecular formula is C6H12ClNO2. The van der Waals surface area contributed by atoms with Gasteiger partial charge in [-0.1, -0.05) is 0 Å². The molecule has 0 aliphatic heterocycles. The van der Waals surface area contributed by atoms with Crippen LogP contribution in [0.25, 0.3) is 0 Å². The second kappa shape index (κ2) is 5.50. The quantitative estimate of drug-likeness (QED) is 0.218. The summed E-state index contributed by atoms with van der Waals surface area (Å²) in [6, 6.07) is 0. The first-order valence-electron chi connectivity index (χ1n) is 3.16. The predicted molar refractivity (Wildman–Crippen MR) is 41.6 cm³/mol. The van der Waals surface area contributed by atoms with Crippen LogP contribution in [0.3, 0.4) is 0 Å². The molecule has 4 heteroatoms. The Labute approximate surface area is 65.5 Å². The van der Waals surface area contributed by atoms with Gasteiger partial charge in [0.05, 0.1) is 0 Å². The standard InChI is InChI=1S/C6H12ClNO2/c1-8(10)5-6(7)3-2-4-9/h5-6,9H,2-4H2,1H3/b8-5-. The number of rotatable bonds is 4. The van der Waals surface area contributed by atoms with E-state index < -0.39 is 0 Å². The first-order valence-corrected chi connectivity index (χ1v) is 3.60. The summed E-state index contributed by atoms with van der Waals surface area (Å²) in [7, 11) is 1.38. The van der Waals surface area contributed by atoms with Gasteiger partial charge in [-0.3, -0.25) is 0 Å². The Morgan fingerprint density at radius 1 is 1.80 bits per heavy atom. The van der Waals surface area contributed by atoms with Crippen molar-refractivity contribution >= 4 is 17.8 Å². The minimum Gasteiger partial charge on any atom is -0.624 e. The highest BCUT2D eigenvalue weighted by molar-refractivity contribution is 6.27. The number of aliphatic hydroxyl groups excluding tert-OH is 1. The van der Waals surface area contributed by atoms with Crippen LogP contribution in [0, 0.1) is 5.21 Å². The fraction of sp³-hybridized carbons (Fsp3) is 0.833. The van der Waals surface area contributed by atoms with E-state index in [9.17, 15) is 5.21 Å². The van der Waals surface area contributed by atoms with Crippen LogP contribution < -0.4 is 0 Å². The van der Waals surface area contributed by atoms with Crippen LogP contribution in [0.1, 0.15) is 12.8 Å². The molecule has 0 fully saturated rings. The van der Waals surface area contributed by atoms with Crippen molar-refractivity contribution in [3.63, 3.8) is 0 Å². The lowest BCUT2D eigenvalue weighted by Gasteiger charge is -2.00. The van der Waals surface area contributed by atoms with Crippen LogP contribution in [0.2, 0.25) is 0 Å². The third kappa shape index (κ3) is 5.85. The zero-order valence-electron chi connectivity index (χ0n) is 5.96. The van der Waals surface area contributed by atoms with Gasteiger partial charge in [0, 0.05) is 6.61 Å². The number of nitrogens with zero attached hydrogens (tertiary/aromatic N) is 1. The lowest BCUT2D eigenvalue weighted by molar-refractivity contribution is -0.418. The van der Waals surface area contributed by atoms with E-state index in [4.69, 9.17) is 16.7 Å². The Hall–Kier alpha value is -0.280. The summed E-state index contributed by atoms with van der Waals surface area (Å²) in [5.74, 6) is 0. The maximum atomic E-state index is 10.3. The number of hydrogen-bond acceptors (Lipinski definition) is 2. The monoisotopic (exact) mass is 165 g/mol. The number of alkyl halides is 1. The van der Waals surface area contributed by atoms with Crippen molar-refractivity contribution < 1.29 is 9.85 Å². The summed E-state index contributed by atoms with van der Waals surface area (Å²) in [4.78, 5) is 0. The molecule has 1 unspecified atom stereocenters. The Kier molecular flexibility index (Phi) is 5.35. The Balaban J connectivity index is 3.43. The third-order valence-corrected chi connectivity index (χ3v) is 1.34. The molecule has 0 aliphatic carbocycles. The predicted octanol–water partition coefficient (Wildman–Crippen LogP) is 0.577. The average Bonchev–Trinajstić information content (AvgIpc) is 1.82. The third-order valence-electron chi connectivity index (χ3n) is 1.01. The number of hydroxylamine groups is 1. The van der Waals surface area contributed by atoms with Crippen LogP contribution in [-0.2, 0) is 0 Å². The Morgan fingerprint density at radius 3 is 2.80 bits per heavy atom. The van der Waals surface area contributed by atoms with Gasteiger partial charge >= 0.3 is 0 Å². The normalized spacial score (nSPS) is 15.3. The molecule has 3 nitrogen and oxygen atoms in total. The van der Waals surface area contributed by atoms with Gasteiger partial charge in [0.15, 0.2) is 6.21 Å². The molecule has 0 spiro atoms. The van der Waals surface area contributed by atoms with E-state index in [1.807, 2.05) is 0 Å². The molecule has 1 atom stereocenters. The van der Waals surface area contributed by atoms with Crippen LogP contribution in [-0.4, -0.2) is 35.1 Å². The van der Waals surface area contributed by atoms with E-state index in [0.717, 1.165) is 0 Å². The second-order valence-corrected chi connectivity index (χ2v) is 2.64. The van der Waals surface area contributed by atoms with Crippen LogP contribution in [0.4, 0.5) is 0 Å². The fourth-order valence-electron chi connectivity index (χ4n) is 0.589. The minimum absolute atomic E-state index is 0.125. The summed E-state index contributed by atoms with van der Waals surface area (Å²) < 4.78 is 0.676. The molecular weight excluding hydrogens is 154 g/mol. The zero-order chi connectivity index (χ0) is 7.98. The van der Waals surface area contributed by atoms with Gasteiger partial charge in [0.25, 0.3) is 0 Å². The minimum atomic E-state index is -0.255. The largest absolute Gasteiger partial charge is 0.624 e. The van der Waals surface area contributed by atoms with E-state index in [1.165, 1.54) is 13.3 Å². The highest BCUT2D eigenvalue weighted by atomic mass is 35.5. The maximum absolute atomic E-state index is 10.3. The summed E-state index contributed by atoms with van der Waals surface area (Å²) in [5, 5.41) is 18.5. The molecule has 10 heavy (non-hydrogen) atoms. The number of aliphatic hydroxyl groups is 1. The smallest absolute Gasteiger partial charge is 0.168 e. The average molecular weight is 166 g/mol. The van der Waals surface area contributed by atoms with Gasteiger partial charge in [-0.15, -0.1) is 11.6 Å². The SMILES string of the molecule is C/[N+]([O-])=C/C(Cl)CCCO. The lowest BCUT2D eigenvalue weighted by Crippen LogP contribution is -2.09. The molecule has 1 N–H and O–H groups in total. The van der Waals surface area contributed by atoms with Crippen molar-refractivity contribution in [3.05, 3.63) is 5.21 Å². The molecule has 0 rings (SSSR count). The number of halogens is 1. The summed E-state index contributed by atoms with van der Waals surface area (Å²) >= 11 is 5.65. The van der Waals surface area contributed by atoms with Crippen molar-refractivity contribution in [3.8, 4) is 0 Å². The van der Waals surface area contributed by atoms with E-state index in [2.05, 4.69) is 0 Å². The van der Waals surface area contributed by atoms with Gasteiger partial charge < -0.3 is 10.3 Å². The maximum Gasteiger partial charge on any atom is 0.168 e. The van der Waals surface area contributed by atoms with Gasteiger partial charge in [-0.25, -0.2) is 4.74 Å². The molecule has 60 valence electrons. The Bertz CT molecular complexity index is 112. The van der Waals surface area contributed by atoms with E-state index in [1.54, 1.807) is 0 Å². The number of hydrogen-bond donors (Lipinski definition) is 1. The first kappa shape index (κ1) is 9.72. The molecule has 0 aromatic carbocycles. The van der Waals surface area contributed by atoms with Crippen molar-refractivity contribution in [2.45, 2.75) is 18.2 Å². The molecule has 0 bridgehead atoms.